The van der Waals surface area contributed by atoms with Gasteiger partial charge in [-0.25, -0.2) is 0 Å². The van der Waals surface area contributed by atoms with E-state index < -0.39 is 0 Å². The molecule has 3 rings (SSSR count). The number of hydrogen-bond acceptors (Lipinski definition) is 3. The first-order valence-corrected chi connectivity index (χ1v) is 8.71. The number of benzene rings is 2. The number of piperazine rings is 1. The third-order valence-corrected chi connectivity index (χ3v) is 4.88. The Hall–Kier alpha value is -1.49. The average Bonchev–Trinajstić information content (AvgIpc) is 2.58. The molecule has 0 amide bonds. The SMILES string of the molecule is CN1CCN(CC(=O)c2ccc(-c3ccc(Br)cc3)cc2)CC1. The van der Waals surface area contributed by atoms with Crippen LogP contribution in [0.5, 0.6) is 0 Å². The van der Waals surface area contributed by atoms with Crippen LogP contribution in [0, 0.1) is 0 Å². The summed E-state index contributed by atoms with van der Waals surface area (Å²) in [6.07, 6.45) is 0. The van der Waals surface area contributed by atoms with Gasteiger partial charge >= 0.3 is 0 Å². The van der Waals surface area contributed by atoms with Gasteiger partial charge < -0.3 is 4.90 Å². The number of nitrogens with zero attached hydrogens (tertiary/aromatic N) is 2. The number of carbonyl (C=O) groups excluding carboxylic acids is 1. The molecular formula is C19H21BrN2O. The molecular weight excluding hydrogens is 352 g/mol. The Balaban J connectivity index is 1.64. The van der Waals surface area contributed by atoms with E-state index in [1.807, 2.05) is 36.4 Å². The number of carbonyl (C=O) groups is 1. The van der Waals surface area contributed by atoms with Crippen LogP contribution in [-0.2, 0) is 0 Å². The zero-order valence-electron chi connectivity index (χ0n) is 13.3. The molecule has 0 radical (unpaired) electrons. The number of Topliss-reactive ketones (excluding diaryl/α,β-unsaturated/α-hetero) is 1. The van der Waals surface area contributed by atoms with Gasteiger partial charge in [0.1, 0.15) is 0 Å². The fourth-order valence-electron chi connectivity index (χ4n) is 2.79. The van der Waals surface area contributed by atoms with Gasteiger partial charge in [0.2, 0.25) is 0 Å². The van der Waals surface area contributed by atoms with E-state index in [0.29, 0.717) is 6.54 Å². The van der Waals surface area contributed by atoms with Crippen molar-refractivity contribution in [3.8, 4) is 11.1 Å². The molecule has 0 unspecified atom stereocenters. The average molecular weight is 373 g/mol. The van der Waals surface area contributed by atoms with Gasteiger partial charge in [0, 0.05) is 36.2 Å². The molecule has 3 nitrogen and oxygen atoms in total. The molecule has 4 heteroatoms. The zero-order chi connectivity index (χ0) is 16.2. The maximum atomic E-state index is 12.4. The maximum Gasteiger partial charge on any atom is 0.176 e. The van der Waals surface area contributed by atoms with Crippen LogP contribution in [0.3, 0.4) is 0 Å². The van der Waals surface area contributed by atoms with E-state index in [2.05, 4.69) is 44.9 Å². The van der Waals surface area contributed by atoms with E-state index >= 15 is 0 Å². The van der Waals surface area contributed by atoms with Crippen molar-refractivity contribution in [2.75, 3.05) is 39.8 Å². The van der Waals surface area contributed by atoms with Gasteiger partial charge in [0.05, 0.1) is 6.54 Å². The summed E-state index contributed by atoms with van der Waals surface area (Å²) in [5.41, 5.74) is 3.09. The molecule has 1 aliphatic heterocycles. The Morgan fingerprint density at radius 2 is 1.43 bits per heavy atom. The minimum Gasteiger partial charge on any atom is -0.304 e. The van der Waals surface area contributed by atoms with Gasteiger partial charge in [-0.05, 0) is 30.3 Å². The van der Waals surface area contributed by atoms with Crippen LogP contribution < -0.4 is 0 Å². The number of rotatable bonds is 4. The minimum absolute atomic E-state index is 0.205. The summed E-state index contributed by atoms with van der Waals surface area (Å²) < 4.78 is 1.07. The van der Waals surface area contributed by atoms with Crippen LogP contribution in [0.1, 0.15) is 10.4 Å². The third-order valence-electron chi connectivity index (χ3n) is 4.35. The summed E-state index contributed by atoms with van der Waals surface area (Å²) in [6, 6.07) is 16.1. The summed E-state index contributed by atoms with van der Waals surface area (Å²) in [7, 11) is 2.13. The van der Waals surface area contributed by atoms with E-state index in [1.165, 1.54) is 0 Å². The van der Waals surface area contributed by atoms with Crippen LogP contribution in [0.2, 0.25) is 0 Å². The first kappa shape index (κ1) is 16.4. The van der Waals surface area contributed by atoms with Crippen LogP contribution in [0.4, 0.5) is 0 Å². The molecule has 2 aromatic rings. The van der Waals surface area contributed by atoms with Crippen molar-refractivity contribution >= 4 is 21.7 Å². The molecule has 0 aromatic heterocycles. The van der Waals surface area contributed by atoms with E-state index in [4.69, 9.17) is 0 Å². The van der Waals surface area contributed by atoms with Crippen LogP contribution in [0.25, 0.3) is 11.1 Å². The topological polar surface area (TPSA) is 23.6 Å². The fourth-order valence-corrected chi connectivity index (χ4v) is 3.06. The van der Waals surface area contributed by atoms with Crippen molar-refractivity contribution in [3.63, 3.8) is 0 Å². The summed E-state index contributed by atoms with van der Waals surface area (Å²) in [6.45, 7) is 4.54. The lowest BCUT2D eigenvalue weighted by atomic mass is 10.0. The molecule has 23 heavy (non-hydrogen) atoms. The molecule has 1 aliphatic rings. The summed E-state index contributed by atoms with van der Waals surface area (Å²) in [4.78, 5) is 17.0. The van der Waals surface area contributed by atoms with Crippen LogP contribution >= 0.6 is 15.9 Å². The Labute approximate surface area is 146 Å². The molecule has 0 aliphatic carbocycles. The number of ketones is 1. The molecule has 2 aromatic carbocycles. The smallest absolute Gasteiger partial charge is 0.176 e. The van der Waals surface area contributed by atoms with Gasteiger partial charge in [-0.3, -0.25) is 9.69 Å². The van der Waals surface area contributed by atoms with Gasteiger partial charge in [-0.2, -0.15) is 0 Å². The molecule has 1 heterocycles. The fraction of sp³-hybridized carbons (Fsp3) is 0.316. The predicted molar refractivity (Wildman–Crippen MR) is 97.8 cm³/mol. The Bertz CT molecular complexity index is 659. The largest absolute Gasteiger partial charge is 0.304 e. The predicted octanol–water partition coefficient (Wildman–Crippen LogP) is 3.55. The second-order valence-electron chi connectivity index (χ2n) is 6.09. The van der Waals surface area contributed by atoms with Gasteiger partial charge in [0.25, 0.3) is 0 Å². The quantitative estimate of drug-likeness (QED) is 0.766. The van der Waals surface area contributed by atoms with Crippen LogP contribution in [0.15, 0.2) is 53.0 Å². The Kier molecular flexibility index (Phi) is 5.26. The number of likely N-dealkylation sites (N-methyl/N-ethyl adjacent to an activating group) is 1. The molecule has 1 saturated heterocycles. The summed E-state index contributed by atoms with van der Waals surface area (Å²) >= 11 is 3.45. The lowest BCUT2D eigenvalue weighted by Crippen LogP contribution is -2.46. The Morgan fingerprint density at radius 1 is 0.913 bits per heavy atom. The first-order valence-electron chi connectivity index (χ1n) is 7.92. The van der Waals surface area contributed by atoms with Crippen molar-refractivity contribution < 1.29 is 4.79 Å². The van der Waals surface area contributed by atoms with Crippen molar-refractivity contribution in [1.82, 2.24) is 9.80 Å². The third kappa shape index (κ3) is 4.28. The number of halogens is 1. The maximum absolute atomic E-state index is 12.4. The highest BCUT2D eigenvalue weighted by molar-refractivity contribution is 9.10. The normalized spacial score (nSPS) is 16.4. The Morgan fingerprint density at radius 3 is 2.00 bits per heavy atom. The van der Waals surface area contributed by atoms with Gasteiger partial charge in [-0.1, -0.05) is 52.3 Å². The molecule has 0 spiro atoms. The lowest BCUT2D eigenvalue weighted by molar-refractivity contribution is 0.0876. The molecule has 0 N–H and O–H groups in total. The molecule has 0 atom stereocenters. The highest BCUT2D eigenvalue weighted by Crippen LogP contribution is 2.22. The standard InChI is InChI=1S/C19H21BrN2O/c1-21-10-12-22(13-11-21)14-19(23)17-4-2-15(3-5-17)16-6-8-18(20)9-7-16/h2-9H,10-14H2,1H3. The van der Waals surface area contributed by atoms with E-state index in [-0.39, 0.29) is 5.78 Å². The zero-order valence-corrected chi connectivity index (χ0v) is 14.9. The lowest BCUT2D eigenvalue weighted by Gasteiger charge is -2.31. The molecule has 120 valence electrons. The van der Waals surface area contributed by atoms with E-state index in [9.17, 15) is 4.79 Å². The summed E-state index contributed by atoms with van der Waals surface area (Å²) in [5, 5.41) is 0. The van der Waals surface area contributed by atoms with Crippen molar-refractivity contribution in [2.45, 2.75) is 0 Å². The molecule has 1 fully saturated rings. The van der Waals surface area contributed by atoms with Crippen LogP contribution in [-0.4, -0.2) is 55.4 Å². The van der Waals surface area contributed by atoms with Gasteiger partial charge in [0.15, 0.2) is 5.78 Å². The second-order valence-corrected chi connectivity index (χ2v) is 7.00. The highest BCUT2D eigenvalue weighted by Gasteiger charge is 2.17. The summed E-state index contributed by atoms with van der Waals surface area (Å²) in [5.74, 6) is 0.205. The minimum atomic E-state index is 0.205. The van der Waals surface area contributed by atoms with Crippen molar-refractivity contribution in [2.24, 2.45) is 0 Å². The van der Waals surface area contributed by atoms with Gasteiger partial charge in [-0.15, -0.1) is 0 Å². The van der Waals surface area contributed by atoms with Crippen molar-refractivity contribution in [1.29, 1.82) is 0 Å². The monoisotopic (exact) mass is 372 g/mol. The van der Waals surface area contributed by atoms with E-state index in [0.717, 1.165) is 47.3 Å². The molecule has 0 saturated carbocycles. The molecule has 0 bridgehead atoms. The second kappa shape index (κ2) is 7.39. The van der Waals surface area contributed by atoms with Crippen molar-refractivity contribution in [3.05, 3.63) is 58.6 Å². The first-order chi connectivity index (χ1) is 11.1. The van der Waals surface area contributed by atoms with E-state index in [1.54, 1.807) is 0 Å². The number of hydrogen-bond donors (Lipinski definition) is 0. The highest BCUT2D eigenvalue weighted by atomic mass is 79.9.